The van der Waals surface area contributed by atoms with Gasteiger partial charge < -0.3 is 0 Å². The van der Waals surface area contributed by atoms with Gasteiger partial charge in [0.15, 0.2) is 5.78 Å². The van der Waals surface area contributed by atoms with Crippen LogP contribution in [0.3, 0.4) is 0 Å². The van der Waals surface area contributed by atoms with Crippen LogP contribution >= 0.6 is 15.9 Å². The summed E-state index contributed by atoms with van der Waals surface area (Å²) in [7, 11) is 1.86. The zero-order valence-electron chi connectivity index (χ0n) is 10.2. The fourth-order valence-electron chi connectivity index (χ4n) is 1.66. The molecule has 1 aromatic carbocycles. The third kappa shape index (κ3) is 2.96. The molecule has 1 aromatic heterocycles. The van der Waals surface area contributed by atoms with E-state index in [0.29, 0.717) is 5.56 Å². The van der Waals surface area contributed by atoms with Gasteiger partial charge in [-0.3, -0.25) is 9.48 Å². The van der Waals surface area contributed by atoms with Gasteiger partial charge in [-0.15, -0.1) is 0 Å². The van der Waals surface area contributed by atoms with Crippen LogP contribution in [0.1, 0.15) is 21.6 Å². The van der Waals surface area contributed by atoms with Gasteiger partial charge in [0.05, 0.1) is 5.69 Å². The molecule has 0 N–H and O–H groups in total. The average molecular weight is 305 g/mol. The summed E-state index contributed by atoms with van der Waals surface area (Å²) in [6.07, 6.45) is 5.26. The predicted octanol–water partition coefficient (Wildman–Crippen LogP) is 3.39. The summed E-state index contributed by atoms with van der Waals surface area (Å²) in [5.41, 5.74) is 2.55. The Morgan fingerprint density at radius 2 is 2.00 bits per heavy atom. The van der Waals surface area contributed by atoms with Gasteiger partial charge in [0, 0.05) is 28.8 Å². The van der Waals surface area contributed by atoms with E-state index in [1.807, 2.05) is 32.3 Å². The van der Waals surface area contributed by atoms with Crippen molar-refractivity contribution < 1.29 is 4.79 Å². The lowest BCUT2D eigenvalue weighted by atomic mass is 10.1. The molecule has 2 aromatic rings. The first kappa shape index (κ1) is 12.8. The van der Waals surface area contributed by atoms with Crippen molar-refractivity contribution in [2.24, 2.45) is 7.05 Å². The molecule has 0 atom stereocenters. The first-order chi connectivity index (χ1) is 8.56. The highest BCUT2D eigenvalue weighted by molar-refractivity contribution is 9.10. The number of rotatable bonds is 3. The standard InChI is InChI=1S/C14H13BrN2O/c1-10-12(9-17(2)16-10)5-8-14(18)11-3-6-13(15)7-4-11/h3-9H,1-2H3/b8-5+. The Hall–Kier alpha value is -1.68. The van der Waals surface area contributed by atoms with Crippen LogP contribution < -0.4 is 0 Å². The van der Waals surface area contributed by atoms with E-state index in [-0.39, 0.29) is 5.78 Å². The molecule has 92 valence electrons. The molecular formula is C14H13BrN2O. The first-order valence-electron chi connectivity index (χ1n) is 5.54. The van der Waals surface area contributed by atoms with E-state index < -0.39 is 0 Å². The van der Waals surface area contributed by atoms with E-state index >= 15 is 0 Å². The molecule has 0 unspecified atom stereocenters. The largest absolute Gasteiger partial charge is 0.289 e. The van der Waals surface area contributed by atoms with Crippen LogP contribution in [0.2, 0.25) is 0 Å². The van der Waals surface area contributed by atoms with Gasteiger partial charge in [0.25, 0.3) is 0 Å². The van der Waals surface area contributed by atoms with Gasteiger partial charge in [0.1, 0.15) is 0 Å². The second-order valence-corrected chi connectivity index (χ2v) is 4.96. The van der Waals surface area contributed by atoms with E-state index in [4.69, 9.17) is 0 Å². The van der Waals surface area contributed by atoms with Crippen LogP contribution in [-0.4, -0.2) is 15.6 Å². The highest BCUT2D eigenvalue weighted by Crippen LogP contribution is 2.12. The lowest BCUT2D eigenvalue weighted by Crippen LogP contribution is -1.93. The number of carbonyl (C=O) groups excluding carboxylic acids is 1. The Morgan fingerprint density at radius 1 is 1.33 bits per heavy atom. The molecule has 2 rings (SSSR count). The van der Waals surface area contributed by atoms with Crippen molar-refractivity contribution in [3.05, 3.63) is 57.8 Å². The summed E-state index contributed by atoms with van der Waals surface area (Å²) in [4.78, 5) is 11.9. The average Bonchev–Trinajstić information content (AvgIpc) is 2.66. The van der Waals surface area contributed by atoms with Crippen LogP contribution in [0.4, 0.5) is 0 Å². The van der Waals surface area contributed by atoms with Gasteiger partial charge in [-0.1, -0.05) is 15.9 Å². The Kier molecular flexibility index (Phi) is 3.77. The lowest BCUT2D eigenvalue weighted by Gasteiger charge is -1.95. The second-order valence-electron chi connectivity index (χ2n) is 4.05. The minimum Gasteiger partial charge on any atom is -0.289 e. The molecule has 0 saturated carbocycles. The summed E-state index contributed by atoms with van der Waals surface area (Å²) in [5.74, 6) is -0.00856. The van der Waals surface area contributed by atoms with E-state index in [2.05, 4.69) is 21.0 Å². The zero-order valence-corrected chi connectivity index (χ0v) is 11.8. The molecule has 1 heterocycles. The number of benzene rings is 1. The van der Waals surface area contributed by atoms with Gasteiger partial charge in [-0.05, 0) is 43.3 Å². The van der Waals surface area contributed by atoms with Crippen LogP contribution in [0.25, 0.3) is 6.08 Å². The maximum Gasteiger partial charge on any atom is 0.185 e. The van der Waals surface area contributed by atoms with Crippen molar-refractivity contribution in [3.8, 4) is 0 Å². The van der Waals surface area contributed by atoms with Crippen LogP contribution in [0.15, 0.2) is 41.0 Å². The molecule has 0 amide bonds. The number of hydrogen-bond acceptors (Lipinski definition) is 2. The van der Waals surface area contributed by atoms with Crippen molar-refractivity contribution in [2.45, 2.75) is 6.92 Å². The molecule has 0 aliphatic rings. The number of aryl methyl sites for hydroxylation is 2. The molecule has 18 heavy (non-hydrogen) atoms. The van der Waals surface area contributed by atoms with Gasteiger partial charge in [0.2, 0.25) is 0 Å². The van der Waals surface area contributed by atoms with Crippen molar-refractivity contribution in [1.82, 2.24) is 9.78 Å². The van der Waals surface area contributed by atoms with Crippen LogP contribution in [0, 0.1) is 6.92 Å². The monoisotopic (exact) mass is 304 g/mol. The third-order valence-corrected chi connectivity index (χ3v) is 3.12. The minimum absolute atomic E-state index is 0.00856. The first-order valence-corrected chi connectivity index (χ1v) is 6.34. The summed E-state index contributed by atoms with van der Waals surface area (Å²) < 4.78 is 2.70. The van der Waals surface area contributed by atoms with Crippen molar-refractivity contribution in [1.29, 1.82) is 0 Å². The van der Waals surface area contributed by atoms with E-state index in [0.717, 1.165) is 15.7 Å². The summed E-state index contributed by atoms with van der Waals surface area (Å²) in [6.45, 7) is 1.92. The third-order valence-electron chi connectivity index (χ3n) is 2.59. The maximum atomic E-state index is 11.9. The molecular weight excluding hydrogens is 292 g/mol. The number of ketones is 1. The molecule has 3 nitrogen and oxygen atoms in total. The normalized spacial score (nSPS) is 11.1. The van der Waals surface area contributed by atoms with Gasteiger partial charge >= 0.3 is 0 Å². The number of nitrogens with zero attached hydrogens (tertiary/aromatic N) is 2. The molecule has 0 aliphatic carbocycles. The van der Waals surface area contributed by atoms with Crippen LogP contribution in [-0.2, 0) is 7.05 Å². The molecule has 0 fully saturated rings. The van der Waals surface area contributed by atoms with E-state index in [1.165, 1.54) is 0 Å². The smallest absolute Gasteiger partial charge is 0.185 e. The Morgan fingerprint density at radius 3 is 2.56 bits per heavy atom. The van der Waals surface area contributed by atoms with E-state index in [9.17, 15) is 4.79 Å². The summed E-state index contributed by atoms with van der Waals surface area (Å²) in [5, 5.41) is 4.22. The fraction of sp³-hybridized carbons (Fsp3) is 0.143. The highest BCUT2D eigenvalue weighted by atomic mass is 79.9. The van der Waals surface area contributed by atoms with Gasteiger partial charge in [-0.25, -0.2) is 0 Å². The summed E-state index contributed by atoms with van der Waals surface area (Å²) >= 11 is 3.34. The molecule has 4 heteroatoms. The second kappa shape index (κ2) is 5.31. The topological polar surface area (TPSA) is 34.9 Å². The number of halogens is 1. The number of carbonyl (C=O) groups is 1. The minimum atomic E-state index is -0.00856. The van der Waals surface area contributed by atoms with Crippen molar-refractivity contribution in [3.63, 3.8) is 0 Å². The van der Waals surface area contributed by atoms with Crippen molar-refractivity contribution in [2.75, 3.05) is 0 Å². The van der Waals surface area contributed by atoms with Gasteiger partial charge in [-0.2, -0.15) is 5.10 Å². The quantitative estimate of drug-likeness (QED) is 0.643. The molecule has 0 radical (unpaired) electrons. The molecule has 0 bridgehead atoms. The molecule has 0 aliphatic heterocycles. The molecule has 0 spiro atoms. The SMILES string of the molecule is Cc1nn(C)cc1/C=C/C(=O)c1ccc(Br)cc1. The maximum absolute atomic E-state index is 11.9. The summed E-state index contributed by atoms with van der Waals surface area (Å²) in [6, 6.07) is 7.31. The van der Waals surface area contributed by atoms with Crippen LogP contribution in [0.5, 0.6) is 0 Å². The predicted molar refractivity (Wildman–Crippen MR) is 75.5 cm³/mol. The number of aromatic nitrogens is 2. The number of allylic oxidation sites excluding steroid dienone is 1. The van der Waals surface area contributed by atoms with Crippen molar-refractivity contribution >= 4 is 27.8 Å². The zero-order chi connectivity index (χ0) is 13.1. The lowest BCUT2D eigenvalue weighted by molar-refractivity contribution is 0.104. The Bertz CT molecular complexity index is 597. The highest BCUT2D eigenvalue weighted by Gasteiger charge is 2.03. The Balaban J connectivity index is 2.16. The number of hydrogen-bond donors (Lipinski definition) is 0. The molecule has 0 saturated heterocycles. The Labute approximate surface area is 114 Å². The fourth-order valence-corrected chi connectivity index (χ4v) is 1.92. The van der Waals surface area contributed by atoms with E-state index in [1.54, 1.807) is 29.0 Å².